The molecule has 0 aromatic heterocycles. The highest BCUT2D eigenvalue weighted by molar-refractivity contribution is 5.92. The molecule has 4 nitrogen and oxygen atoms in total. The van der Waals surface area contributed by atoms with Crippen LogP contribution >= 0.6 is 0 Å². The maximum atomic E-state index is 12.2. The van der Waals surface area contributed by atoms with Crippen LogP contribution in [0.15, 0.2) is 54.6 Å². The van der Waals surface area contributed by atoms with Gasteiger partial charge in [0.25, 0.3) is 5.91 Å². The zero-order valence-electron chi connectivity index (χ0n) is 12.5. The van der Waals surface area contributed by atoms with Crippen molar-refractivity contribution in [3.8, 4) is 0 Å². The Bertz CT molecular complexity index is 638. The molecule has 0 fully saturated rings. The Morgan fingerprint density at radius 2 is 1.68 bits per heavy atom. The van der Waals surface area contributed by atoms with Crippen molar-refractivity contribution < 1.29 is 14.3 Å². The molecule has 0 aliphatic heterocycles. The topological polar surface area (TPSA) is 55.4 Å². The fourth-order valence-electron chi connectivity index (χ4n) is 2.15. The first-order valence-electron chi connectivity index (χ1n) is 7.26. The zero-order valence-corrected chi connectivity index (χ0v) is 12.5. The van der Waals surface area contributed by atoms with Crippen molar-refractivity contribution in [3.05, 3.63) is 71.3 Å². The van der Waals surface area contributed by atoms with Gasteiger partial charge in [0, 0.05) is 6.54 Å². The molecule has 0 spiro atoms. The summed E-state index contributed by atoms with van der Waals surface area (Å²) in [4.78, 5) is 23.5. The van der Waals surface area contributed by atoms with Gasteiger partial charge in [-0.3, -0.25) is 4.79 Å². The summed E-state index contributed by atoms with van der Waals surface area (Å²) in [6.07, 6.45) is 0.646. The van der Waals surface area contributed by atoms with E-state index in [1.165, 1.54) is 0 Å². The summed E-state index contributed by atoms with van der Waals surface area (Å²) in [5.74, 6) is -0.769. The molecule has 0 atom stereocenters. The minimum atomic E-state index is -0.474. The van der Waals surface area contributed by atoms with E-state index in [2.05, 4.69) is 5.32 Å². The minimum Gasteiger partial charge on any atom is -0.452 e. The first-order chi connectivity index (χ1) is 10.7. The lowest BCUT2D eigenvalue weighted by molar-refractivity contribution is -0.124. The van der Waals surface area contributed by atoms with Crippen LogP contribution in [0.2, 0.25) is 0 Å². The number of nitrogens with one attached hydrogen (secondary N) is 1. The Morgan fingerprint density at radius 3 is 2.41 bits per heavy atom. The number of benzene rings is 2. The first kappa shape index (κ1) is 15.8. The fraction of sp³-hybridized carbons (Fsp3) is 0.222. The van der Waals surface area contributed by atoms with Gasteiger partial charge in [-0.25, -0.2) is 4.79 Å². The number of esters is 1. The highest BCUT2D eigenvalue weighted by atomic mass is 16.5. The third-order valence-corrected chi connectivity index (χ3v) is 3.18. The number of hydrogen-bond acceptors (Lipinski definition) is 3. The van der Waals surface area contributed by atoms with Gasteiger partial charge >= 0.3 is 5.97 Å². The van der Waals surface area contributed by atoms with Crippen LogP contribution in [0.1, 0.15) is 28.4 Å². The van der Waals surface area contributed by atoms with Crippen LogP contribution in [0.3, 0.4) is 0 Å². The molecule has 2 aromatic rings. The number of likely N-dealkylation sites (N-methyl/N-ethyl adjacent to an activating group) is 1. The predicted octanol–water partition coefficient (Wildman–Crippen LogP) is 2.57. The Kier molecular flexibility index (Phi) is 5.72. The van der Waals surface area contributed by atoms with E-state index < -0.39 is 5.97 Å². The second kappa shape index (κ2) is 7.98. The van der Waals surface area contributed by atoms with E-state index >= 15 is 0 Å². The lowest BCUT2D eigenvalue weighted by Crippen LogP contribution is -2.28. The van der Waals surface area contributed by atoms with Gasteiger partial charge in [0.1, 0.15) is 0 Å². The van der Waals surface area contributed by atoms with Crippen molar-refractivity contribution in [2.24, 2.45) is 0 Å². The van der Waals surface area contributed by atoms with Gasteiger partial charge in [-0.1, -0.05) is 48.5 Å². The number of amides is 1. The summed E-state index contributed by atoms with van der Waals surface area (Å²) in [5.41, 5.74) is 2.50. The van der Waals surface area contributed by atoms with E-state index in [4.69, 9.17) is 4.74 Å². The lowest BCUT2D eigenvalue weighted by Gasteiger charge is -2.09. The van der Waals surface area contributed by atoms with Crippen LogP contribution in [-0.4, -0.2) is 25.0 Å². The normalized spacial score (nSPS) is 10.0. The second-order valence-electron chi connectivity index (χ2n) is 4.85. The first-order valence-corrected chi connectivity index (χ1v) is 7.26. The molecule has 0 saturated carbocycles. The Hall–Kier alpha value is -2.62. The molecule has 0 bridgehead atoms. The summed E-state index contributed by atoms with van der Waals surface area (Å²) >= 11 is 0. The fourth-order valence-corrected chi connectivity index (χ4v) is 2.15. The molecule has 1 N–H and O–H groups in total. The molecule has 0 saturated heterocycles. The zero-order chi connectivity index (χ0) is 15.8. The third-order valence-electron chi connectivity index (χ3n) is 3.18. The Labute approximate surface area is 130 Å². The van der Waals surface area contributed by atoms with Crippen LogP contribution in [0.4, 0.5) is 0 Å². The highest BCUT2D eigenvalue weighted by Crippen LogP contribution is 2.15. The SMILES string of the molecule is CCNC(=O)COC(=O)c1ccccc1Cc1ccccc1. The minimum absolute atomic E-state index is 0.258. The van der Waals surface area contributed by atoms with Crippen molar-refractivity contribution in [2.75, 3.05) is 13.2 Å². The van der Waals surface area contributed by atoms with Crippen LogP contribution in [0.5, 0.6) is 0 Å². The Balaban J connectivity index is 2.07. The molecule has 0 aliphatic carbocycles. The maximum absolute atomic E-state index is 12.2. The van der Waals surface area contributed by atoms with E-state index in [-0.39, 0.29) is 12.5 Å². The van der Waals surface area contributed by atoms with Crippen molar-refractivity contribution >= 4 is 11.9 Å². The van der Waals surface area contributed by atoms with Gasteiger partial charge in [-0.15, -0.1) is 0 Å². The van der Waals surface area contributed by atoms with Crippen molar-refractivity contribution in [2.45, 2.75) is 13.3 Å². The average molecular weight is 297 g/mol. The number of carbonyl (C=O) groups excluding carboxylic acids is 2. The van der Waals surface area contributed by atoms with Crippen molar-refractivity contribution in [1.29, 1.82) is 0 Å². The predicted molar refractivity (Wildman–Crippen MR) is 84.7 cm³/mol. The largest absolute Gasteiger partial charge is 0.452 e. The van der Waals surface area contributed by atoms with E-state index in [9.17, 15) is 9.59 Å². The molecular weight excluding hydrogens is 278 g/mol. The van der Waals surface area contributed by atoms with Crippen LogP contribution < -0.4 is 5.32 Å². The number of ether oxygens (including phenoxy) is 1. The quantitative estimate of drug-likeness (QED) is 0.834. The molecule has 0 radical (unpaired) electrons. The molecule has 0 aliphatic rings. The van der Waals surface area contributed by atoms with Gasteiger partial charge in [0.15, 0.2) is 6.61 Å². The smallest absolute Gasteiger partial charge is 0.338 e. The molecule has 2 rings (SSSR count). The van der Waals surface area contributed by atoms with E-state index in [1.807, 2.05) is 49.4 Å². The molecule has 1 amide bonds. The molecule has 0 heterocycles. The van der Waals surface area contributed by atoms with Crippen molar-refractivity contribution in [3.63, 3.8) is 0 Å². The van der Waals surface area contributed by atoms with E-state index in [0.29, 0.717) is 18.5 Å². The monoisotopic (exact) mass is 297 g/mol. The molecule has 4 heteroatoms. The number of hydrogen-bond donors (Lipinski definition) is 1. The average Bonchev–Trinajstić information content (AvgIpc) is 2.54. The van der Waals surface area contributed by atoms with Gasteiger partial charge in [-0.2, -0.15) is 0 Å². The molecule has 2 aromatic carbocycles. The summed E-state index contributed by atoms with van der Waals surface area (Å²) in [5, 5.41) is 2.59. The maximum Gasteiger partial charge on any atom is 0.338 e. The van der Waals surface area contributed by atoms with Crippen LogP contribution in [0.25, 0.3) is 0 Å². The molecule has 22 heavy (non-hydrogen) atoms. The summed E-state index contributed by atoms with van der Waals surface area (Å²) in [7, 11) is 0. The van der Waals surface area contributed by atoms with Gasteiger partial charge in [0.2, 0.25) is 0 Å². The van der Waals surface area contributed by atoms with Crippen molar-refractivity contribution in [1.82, 2.24) is 5.32 Å². The standard InChI is InChI=1S/C18H19NO3/c1-2-19-17(20)13-22-18(21)16-11-7-6-10-15(16)12-14-8-4-3-5-9-14/h3-11H,2,12-13H2,1H3,(H,19,20). The summed E-state index contributed by atoms with van der Waals surface area (Å²) in [6.45, 7) is 2.07. The highest BCUT2D eigenvalue weighted by Gasteiger charge is 2.14. The van der Waals surface area contributed by atoms with E-state index in [1.54, 1.807) is 12.1 Å². The van der Waals surface area contributed by atoms with Gasteiger partial charge < -0.3 is 10.1 Å². The van der Waals surface area contributed by atoms with E-state index in [0.717, 1.165) is 11.1 Å². The van der Waals surface area contributed by atoms with Crippen LogP contribution in [0, 0.1) is 0 Å². The summed E-state index contributed by atoms with van der Waals surface area (Å²) in [6, 6.07) is 17.2. The Morgan fingerprint density at radius 1 is 1.00 bits per heavy atom. The molecule has 0 unspecified atom stereocenters. The molecular formula is C18H19NO3. The number of rotatable bonds is 6. The molecule has 114 valence electrons. The number of carbonyl (C=O) groups is 2. The van der Waals surface area contributed by atoms with Gasteiger partial charge in [-0.05, 0) is 30.5 Å². The third kappa shape index (κ3) is 4.45. The summed E-state index contributed by atoms with van der Waals surface area (Å²) < 4.78 is 5.07. The van der Waals surface area contributed by atoms with Gasteiger partial charge in [0.05, 0.1) is 5.56 Å². The lowest BCUT2D eigenvalue weighted by atomic mass is 10.00. The second-order valence-corrected chi connectivity index (χ2v) is 4.85. The van der Waals surface area contributed by atoms with Crippen LogP contribution in [-0.2, 0) is 16.0 Å².